The summed E-state index contributed by atoms with van der Waals surface area (Å²) in [5.41, 5.74) is 5.06. The van der Waals surface area contributed by atoms with Crippen LogP contribution in [0, 0.1) is 0 Å². The van der Waals surface area contributed by atoms with Crippen LogP contribution >= 0.6 is 23.4 Å². The molecular formula is C26H24ClN5O3S. The van der Waals surface area contributed by atoms with E-state index in [2.05, 4.69) is 20.7 Å². The Bertz CT molecular complexity index is 1350. The minimum absolute atomic E-state index is 0.105. The smallest absolute Gasteiger partial charge is 0.250 e. The highest BCUT2D eigenvalue weighted by Gasteiger charge is 2.17. The van der Waals surface area contributed by atoms with Crippen molar-refractivity contribution in [2.75, 3.05) is 12.4 Å². The van der Waals surface area contributed by atoms with Gasteiger partial charge < -0.3 is 9.15 Å². The van der Waals surface area contributed by atoms with Crippen molar-refractivity contribution in [1.29, 1.82) is 0 Å². The van der Waals surface area contributed by atoms with Crippen LogP contribution in [-0.4, -0.2) is 39.2 Å². The number of aromatic nitrogens is 3. The highest BCUT2D eigenvalue weighted by Crippen LogP contribution is 2.29. The Balaban J connectivity index is 1.49. The lowest BCUT2D eigenvalue weighted by molar-refractivity contribution is -0.118. The number of carbonyl (C=O) groups excluding carboxylic acids is 1. The normalized spacial score (nSPS) is 11.7. The van der Waals surface area contributed by atoms with Gasteiger partial charge in [0.2, 0.25) is 0 Å². The summed E-state index contributed by atoms with van der Waals surface area (Å²) in [7, 11) is 0. The number of hydrogen-bond donors (Lipinski definition) is 1. The number of hydrazone groups is 1. The predicted molar refractivity (Wildman–Crippen MR) is 143 cm³/mol. The number of rotatable bonds is 10. The maximum Gasteiger partial charge on any atom is 0.250 e. The lowest BCUT2D eigenvalue weighted by Crippen LogP contribution is -2.20. The Labute approximate surface area is 218 Å². The average Bonchev–Trinajstić information content (AvgIpc) is 3.54. The molecule has 0 spiro atoms. The molecule has 2 aromatic carbocycles. The van der Waals surface area contributed by atoms with Crippen LogP contribution in [-0.2, 0) is 4.79 Å². The first-order chi connectivity index (χ1) is 17.5. The van der Waals surface area contributed by atoms with Crippen molar-refractivity contribution in [3.8, 4) is 22.8 Å². The fourth-order valence-corrected chi connectivity index (χ4v) is 4.11. The standard InChI is InChI=1S/C26H24ClN5O3S/c1-3-34-22-12-10-21(11-13-22)32-25(19-6-8-20(27)9-7-19)30-31-26(32)36-17-24(33)29-28-16-18(2)15-23-5-4-14-35-23/h4-16H,3,17H2,1-2H3,(H,29,33)/b18-15+,28-16-. The summed E-state index contributed by atoms with van der Waals surface area (Å²) in [6.07, 6.45) is 4.98. The third-order valence-corrected chi connectivity index (χ3v) is 6.03. The number of nitrogens with zero attached hydrogens (tertiary/aromatic N) is 4. The van der Waals surface area contributed by atoms with Crippen LogP contribution < -0.4 is 10.2 Å². The lowest BCUT2D eigenvalue weighted by Gasteiger charge is -2.11. The summed E-state index contributed by atoms with van der Waals surface area (Å²) < 4.78 is 12.7. The van der Waals surface area contributed by atoms with Gasteiger partial charge in [0.1, 0.15) is 11.5 Å². The summed E-state index contributed by atoms with van der Waals surface area (Å²) in [5, 5.41) is 14.0. The molecular weight excluding hydrogens is 498 g/mol. The molecule has 4 aromatic rings. The average molecular weight is 522 g/mol. The van der Waals surface area contributed by atoms with Crippen LogP contribution in [0.5, 0.6) is 5.75 Å². The van der Waals surface area contributed by atoms with E-state index in [4.69, 9.17) is 20.8 Å². The maximum absolute atomic E-state index is 12.4. The molecule has 0 saturated carbocycles. The molecule has 4 rings (SSSR count). The highest BCUT2D eigenvalue weighted by molar-refractivity contribution is 7.99. The van der Waals surface area contributed by atoms with Gasteiger partial charge in [0.05, 0.1) is 24.8 Å². The van der Waals surface area contributed by atoms with Gasteiger partial charge in [0, 0.05) is 16.3 Å². The van der Waals surface area contributed by atoms with Gasteiger partial charge in [0.25, 0.3) is 5.91 Å². The summed E-state index contributed by atoms with van der Waals surface area (Å²) in [6.45, 7) is 4.39. The summed E-state index contributed by atoms with van der Waals surface area (Å²) in [6, 6.07) is 18.6. The van der Waals surface area contributed by atoms with E-state index < -0.39 is 0 Å². The Morgan fingerprint density at radius 1 is 1.17 bits per heavy atom. The minimum Gasteiger partial charge on any atom is -0.494 e. The van der Waals surface area contributed by atoms with Crippen molar-refractivity contribution < 1.29 is 13.9 Å². The second-order valence-electron chi connectivity index (χ2n) is 7.56. The maximum atomic E-state index is 12.4. The van der Waals surface area contributed by atoms with Gasteiger partial charge in [0.15, 0.2) is 11.0 Å². The molecule has 2 aromatic heterocycles. The van der Waals surface area contributed by atoms with Gasteiger partial charge in [-0.3, -0.25) is 9.36 Å². The summed E-state index contributed by atoms with van der Waals surface area (Å²) >= 11 is 7.33. The Hall–Kier alpha value is -3.82. The fraction of sp³-hybridized carbons (Fsp3) is 0.154. The largest absolute Gasteiger partial charge is 0.494 e. The Kier molecular flexibility index (Phi) is 8.59. The zero-order valence-electron chi connectivity index (χ0n) is 19.7. The molecule has 0 aliphatic heterocycles. The van der Waals surface area contributed by atoms with Crippen molar-refractivity contribution in [3.63, 3.8) is 0 Å². The number of allylic oxidation sites excluding steroid dienone is 1. The van der Waals surface area contributed by atoms with Crippen LogP contribution in [0.2, 0.25) is 5.02 Å². The summed E-state index contributed by atoms with van der Waals surface area (Å²) in [4.78, 5) is 12.4. The van der Waals surface area contributed by atoms with E-state index >= 15 is 0 Å². The van der Waals surface area contributed by atoms with Gasteiger partial charge in [-0.25, -0.2) is 5.43 Å². The predicted octanol–water partition coefficient (Wildman–Crippen LogP) is 5.88. The molecule has 36 heavy (non-hydrogen) atoms. The van der Waals surface area contributed by atoms with Gasteiger partial charge in [-0.2, -0.15) is 5.10 Å². The molecule has 0 fully saturated rings. The number of ether oxygens (including phenoxy) is 1. The first-order valence-corrected chi connectivity index (χ1v) is 12.5. The highest BCUT2D eigenvalue weighted by atomic mass is 35.5. The first kappa shape index (κ1) is 25.3. The molecule has 0 atom stereocenters. The minimum atomic E-state index is -0.267. The monoisotopic (exact) mass is 521 g/mol. The summed E-state index contributed by atoms with van der Waals surface area (Å²) in [5.74, 6) is 1.96. The number of nitrogens with one attached hydrogen (secondary N) is 1. The molecule has 0 saturated heterocycles. The molecule has 0 aliphatic rings. The van der Waals surface area contributed by atoms with Crippen molar-refractivity contribution >= 4 is 41.6 Å². The second-order valence-corrected chi connectivity index (χ2v) is 8.94. The third-order valence-electron chi connectivity index (χ3n) is 4.84. The van der Waals surface area contributed by atoms with E-state index in [9.17, 15) is 4.79 Å². The van der Waals surface area contributed by atoms with E-state index in [0.717, 1.165) is 22.6 Å². The van der Waals surface area contributed by atoms with Crippen LogP contribution in [0.25, 0.3) is 23.2 Å². The van der Waals surface area contributed by atoms with Gasteiger partial charge in [-0.05, 0) is 86.2 Å². The van der Waals surface area contributed by atoms with Crippen LogP contribution in [0.1, 0.15) is 19.6 Å². The second kappa shape index (κ2) is 12.2. The van der Waals surface area contributed by atoms with E-state index in [0.29, 0.717) is 28.4 Å². The topological polar surface area (TPSA) is 94.5 Å². The van der Waals surface area contributed by atoms with Crippen molar-refractivity contribution in [2.45, 2.75) is 19.0 Å². The molecule has 0 bridgehead atoms. The molecule has 1 N–H and O–H groups in total. The van der Waals surface area contributed by atoms with Crippen molar-refractivity contribution in [1.82, 2.24) is 20.2 Å². The van der Waals surface area contributed by atoms with Gasteiger partial charge in [-0.1, -0.05) is 23.4 Å². The number of benzene rings is 2. The lowest BCUT2D eigenvalue weighted by atomic mass is 10.2. The van der Waals surface area contributed by atoms with Crippen LogP contribution in [0.3, 0.4) is 0 Å². The molecule has 184 valence electrons. The number of carbonyl (C=O) groups is 1. The number of thioether (sulfide) groups is 1. The molecule has 0 aliphatic carbocycles. The molecule has 0 unspecified atom stereocenters. The fourth-order valence-electron chi connectivity index (χ4n) is 3.24. The Morgan fingerprint density at radius 2 is 1.94 bits per heavy atom. The van der Waals surface area contributed by atoms with E-state index in [-0.39, 0.29) is 11.7 Å². The Morgan fingerprint density at radius 3 is 2.64 bits per heavy atom. The van der Waals surface area contributed by atoms with E-state index in [1.807, 2.05) is 67.0 Å². The van der Waals surface area contributed by atoms with Gasteiger partial charge in [-0.15, -0.1) is 10.2 Å². The number of hydrogen-bond acceptors (Lipinski definition) is 7. The molecule has 10 heteroatoms. The number of halogens is 1. The van der Waals surface area contributed by atoms with Crippen LogP contribution in [0.4, 0.5) is 0 Å². The van der Waals surface area contributed by atoms with E-state index in [1.54, 1.807) is 30.7 Å². The van der Waals surface area contributed by atoms with Crippen molar-refractivity contribution in [3.05, 3.63) is 83.3 Å². The molecule has 1 amide bonds. The molecule has 0 radical (unpaired) electrons. The third kappa shape index (κ3) is 6.65. The quantitative estimate of drug-likeness (QED) is 0.159. The molecule has 2 heterocycles. The zero-order chi connectivity index (χ0) is 25.3. The van der Waals surface area contributed by atoms with E-state index in [1.165, 1.54) is 11.8 Å². The zero-order valence-corrected chi connectivity index (χ0v) is 21.3. The van der Waals surface area contributed by atoms with Gasteiger partial charge >= 0.3 is 0 Å². The SMILES string of the molecule is CCOc1ccc(-n2c(SCC(=O)N/N=C\C(C)=C\c3ccco3)nnc2-c2ccc(Cl)cc2)cc1. The molecule has 8 nitrogen and oxygen atoms in total. The first-order valence-electron chi connectivity index (χ1n) is 11.1. The number of amides is 1. The van der Waals surface area contributed by atoms with Crippen LogP contribution in [0.15, 0.2) is 87.2 Å². The van der Waals surface area contributed by atoms with Crippen molar-refractivity contribution in [2.24, 2.45) is 5.10 Å². The number of furan rings is 1.